The largest absolute Gasteiger partial charge is 0.310 e. The van der Waals surface area contributed by atoms with Crippen LogP contribution in [-0.2, 0) is 19.0 Å². The predicted molar refractivity (Wildman–Crippen MR) is 72.1 cm³/mol. The second-order valence-corrected chi connectivity index (χ2v) is 4.68. The van der Waals surface area contributed by atoms with Gasteiger partial charge in [0.1, 0.15) is 11.3 Å². The van der Waals surface area contributed by atoms with Crippen LogP contribution in [0.4, 0.5) is 0 Å². The summed E-state index contributed by atoms with van der Waals surface area (Å²) in [6, 6.07) is 1.78. The smallest absolute Gasteiger partial charge is 0.160 e. The van der Waals surface area contributed by atoms with Gasteiger partial charge < -0.3 is 4.57 Å². The van der Waals surface area contributed by atoms with Crippen LogP contribution in [0.3, 0.4) is 0 Å². The minimum atomic E-state index is 0.325. The summed E-state index contributed by atoms with van der Waals surface area (Å²) in [6.07, 6.45) is 5.06. The first kappa shape index (κ1) is 12.4. The zero-order chi connectivity index (χ0) is 13.2. The molecule has 0 atom stereocenters. The molecule has 0 N–H and O–H groups in total. The van der Waals surface area contributed by atoms with Crippen molar-refractivity contribution < 1.29 is 0 Å². The quantitative estimate of drug-likeness (QED) is 0.692. The van der Waals surface area contributed by atoms with Crippen LogP contribution in [0.15, 0.2) is 24.7 Å². The van der Waals surface area contributed by atoms with E-state index < -0.39 is 0 Å². The van der Waals surface area contributed by atoms with Gasteiger partial charge in [-0.2, -0.15) is 0 Å². The van der Waals surface area contributed by atoms with Crippen LogP contribution in [0.25, 0.3) is 11.2 Å². The van der Waals surface area contributed by atoms with Crippen LogP contribution in [0, 0.1) is 0 Å². The summed E-state index contributed by atoms with van der Waals surface area (Å²) in [6.45, 7) is 1.36. The van der Waals surface area contributed by atoms with Gasteiger partial charge in [-0.05, 0) is 6.07 Å². The molecule has 8 heteroatoms. The molecule has 0 aromatic carbocycles. The van der Waals surface area contributed by atoms with Crippen LogP contribution in [0.1, 0.15) is 5.82 Å². The Morgan fingerprint density at radius 3 is 2.89 bits per heavy atom. The van der Waals surface area contributed by atoms with Crippen LogP contribution in [0.2, 0.25) is 5.02 Å². The SMILES string of the molecule is ClCc1nc2cc(Cl)cnc2n1CCn1ccnn1. The fraction of sp³-hybridized carbons (Fsp3) is 0.273. The molecular weight excluding hydrogens is 287 g/mol. The summed E-state index contributed by atoms with van der Waals surface area (Å²) in [5.41, 5.74) is 1.53. The molecule has 0 saturated carbocycles. The van der Waals surface area contributed by atoms with E-state index in [0.717, 1.165) is 17.0 Å². The summed E-state index contributed by atoms with van der Waals surface area (Å²) in [7, 11) is 0. The Kier molecular flexibility index (Phi) is 3.35. The lowest BCUT2D eigenvalue weighted by atomic mass is 10.4. The Labute approximate surface area is 119 Å². The van der Waals surface area contributed by atoms with Gasteiger partial charge in [-0.3, -0.25) is 4.68 Å². The highest BCUT2D eigenvalue weighted by molar-refractivity contribution is 6.31. The molecule has 0 bridgehead atoms. The molecule has 0 amide bonds. The Bertz CT molecular complexity index is 691. The lowest BCUT2D eigenvalue weighted by molar-refractivity contribution is 0.517. The van der Waals surface area contributed by atoms with Crippen molar-refractivity contribution in [3.05, 3.63) is 35.5 Å². The Morgan fingerprint density at radius 2 is 2.16 bits per heavy atom. The number of fused-ring (bicyclic) bond motifs is 1. The minimum absolute atomic E-state index is 0.325. The highest BCUT2D eigenvalue weighted by atomic mass is 35.5. The van der Waals surface area contributed by atoms with E-state index in [9.17, 15) is 0 Å². The van der Waals surface area contributed by atoms with Gasteiger partial charge in [0, 0.05) is 18.9 Å². The Hall–Kier alpha value is -1.66. The zero-order valence-corrected chi connectivity index (χ0v) is 11.4. The average molecular weight is 297 g/mol. The maximum atomic E-state index is 5.93. The van der Waals surface area contributed by atoms with Crippen LogP contribution in [0.5, 0.6) is 0 Å². The molecule has 0 aliphatic rings. The molecule has 3 aromatic rings. The van der Waals surface area contributed by atoms with E-state index in [1.54, 1.807) is 23.1 Å². The molecule has 0 aliphatic heterocycles. The summed E-state index contributed by atoms with van der Waals surface area (Å²) in [4.78, 5) is 8.74. The van der Waals surface area contributed by atoms with Crippen molar-refractivity contribution in [1.82, 2.24) is 29.5 Å². The molecule has 0 radical (unpaired) electrons. The molecule has 0 spiro atoms. The fourth-order valence-corrected chi connectivity index (χ4v) is 2.28. The lowest BCUT2D eigenvalue weighted by Crippen LogP contribution is -2.10. The van der Waals surface area contributed by atoms with Gasteiger partial charge in [-0.15, -0.1) is 16.7 Å². The van der Waals surface area contributed by atoms with Crippen molar-refractivity contribution in [1.29, 1.82) is 0 Å². The second-order valence-electron chi connectivity index (χ2n) is 3.98. The number of pyridine rings is 1. The molecule has 0 aliphatic carbocycles. The van der Waals surface area contributed by atoms with Gasteiger partial charge in [0.15, 0.2) is 5.65 Å². The van der Waals surface area contributed by atoms with Gasteiger partial charge in [0.2, 0.25) is 0 Å². The maximum Gasteiger partial charge on any atom is 0.160 e. The topological polar surface area (TPSA) is 61.4 Å². The number of halogens is 2. The van der Waals surface area contributed by atoms with E-state index in [2.05, 4.69) is 20.3 Å². The number of nitrogens with zero attached hydrogens (tertiary/aromatic N) is 6. The average Bonchev–Trinajstić information content (AvgIpc) is 3.02. The molecule has 19 heavy (non-hydrogen) atoms. The highest BCUT2D eigenvalue weighted by Gasteiger charge is 2.11. The molecule has 0 fully saturated rings. The van der Waals surface area contributed by atoms with Crippen molar-refractivity contribution in [2.24, 2.45) is 0 Å². The molecule has 3 heterocycles. The first-order valence-corrected chi connectivity index (χ1v) is 6.60. The van der Waals surface area contributed by atoms with E-state index in [1.165, 1.54) is 0 Å². The molecule has 3 aromatic heterocycles. The van der Waals surface area contributed by atoms with Crippen LogP contribution < -0.4 is 0 Å². The molecule has 3 rings (SSSR count). The van der Waals surface area contributed by atoms with E-state index in [1.807, 2.05) is 10.8 Å². The molecule has 0 unspecified atom stereocenters. The molecule has 98 valence electrons. The number of hydrogen-bond donors (Lipinski definition) is 0. The fourth-order valence-electron chi connectivity index (χ4n) is 1.92. The van der Waals surface area contributed by atoms with Crippen molar-refractivity contribution in [2.75, 3.05) is 0 Å². The molecule has 0 saturated heterocycles. The molecule has 6 nitrogen and oxygen atoms in total. The van der Waals surface area contributed by atoms with Crippen LogP contribution >= 0.6 is 23.2 Å². The first-order valence-electron chi connectivity index (χ1n) is 5.68. The highest BCUT2D eigenvalue weighted by Crippen LogP contribution is 2.19. The molecular formula is C11H10Cl2N6. The summed E-state index contributed by atoms with van der Waals surface area (Å²) >= 11 is 11.8. The standard InChI is InChI=1S/C11H10Cl2N6/c12-6-10-16-9-5-8(13)7-14-11(9)19(10)4-3-18-2-1-15-17-18/h1-2,5,7H,3-4,6H2. The predicted octanol–water partition coefficient (Wildman–Crippen LogP) is 2.12. The number of imidazole rings is 1. The van der Waals surface area contributed by atoms with E-state index in [4.69, 9.17) is 23.2 Å². The van der Waals surface area contributed by atoms with Gasteiger partial charge in [-0.1, -0.05) is 16.8 Å². The third kappa shape index (κ3) is 2.41. The lowest BCUT2D eigenvalue weighted by Gasteiger charge is -2.06. The zero-order valence-electron chi connectivity index (χ0n) is 9.87. The summed E-state index contributed by atoms with van der Waals surface area (Å²) < 4.78 is 3.72. The summed E-state index contributed by atoms with van der Waals surface area (Å²) in [5, 5.41) is 8.26. The number of aryl methyl sites for hydroxylation is 2. The number of rotatable bonds is 4. The summed E-state index contributed by atoms with van der Waals surface area (Å²) in [5.74, 6) is 1.09. The van der Waals surface area contributed by atoms with Gasteiger partial charge in [0.25, 0.3) is 0 Å². The third-order valence-electron chi connectivity index (χ3n) is 2.77. The Balaban J connectivity index is 1.96. The van der Waals surface area contributed by atoms with Crippen molar-refractivity contribution >= 4 is 34.4 Å². The monoisotopic (exact) mass is 296 g/mol. The van der Waals surface area contributed by atoms with E-state index >= 15 is 0 Å². The second kappa shape index (κ2) is 5.14. The normalized spacial score (nSPS) is 11.3. The van der Waals surface area contributed by atoms with Gasteiger partial charge in [0.05, 0.1) is 23.6 Å². The first-order chi connectivity index (χ1) is 9.28. The Morgan fingerprint density at radius 1 is 1.26 bits per heavy atom. The van der Waals surface area contributed by atoms with Crippen molar-refractivity contribution in [3.8, 4) is 0 Å². The third-order valence-corrected chi connectivity index (χ3v) is 3.22. The number of alkyl halides is 1. The van der Waals surface area contributed by atoms with Crippen LogP contribution in [-0.4, -0.2) is 29.5 Å². The van der Waals surface area contributed by atoms with E-state index in [0.29, 0.717) is 24.0 Å². The van der Waals surface area contributed by atoms with Gasteiger partial charge in [-0.25, -0.2) is 9.97 Å². The minimum Gasteiger partial charge on any atom is -0.310 e. The van der Waals surface area contributed by atoms with E-state index in [-0.39, 0.29) is 0 Å². The van der Waals surface area contributed by atoms with Crippen molar-refractivity contribution in [3.63, 3.8) is 0 Å². The van der Waals surface area contributed by atoms with Crippen molar-refractivity contribution in [2.45, 2.75) is 19.0 Å². The van der Waals surface area contributed by atoms with Gasteiger partial charge >= 0.3 is 0 Å². The number of aromatic nitrogens is 6. The number of hydrogen-bond acceptors (Lipinski definition) is 4. The maximum absolute atomic E-state index is 5.93.